The molecule has 0 saturated carbocycles. The Morgan fingerprint density at radius 3 is 2.12 bits per heavy atom. The van der Waals surface area contributed by atoms with Gasteiger partial charge in [-0.2, -0.15) is 4.98 Å². The zero-order valence-corrected chi connectivity index (χ0v) is 18.7. The van der Waals surface area contributed by atoms with Crippen molar-refractivity contribution in [3.63, 3.8) is 0 Å². The number of hydrogen-bond acceptors (Lipinski definition) is 7. The average molecular weight is 437 g/mol. The summed E-state index contributed by atoms with van der Waals surface area (Å²) < 4.78 is 13.3. The molecule has 1 saturated heterocycles. The van der Waals surface area contributed by atoms with Gasteiger partial charge in [0.25, 0.3) is 0 Å². The highest BCUT2D eigenvalue weighted by molar-refractivity contribution is 5.76. The molecule has 0 aliphatic carbocycles. The van der Waals surface area contributed by atoms with Gasteiger partial charge in [0.05, 0.1) is 0 Å². The fourth-order valence-corrected chi connectivity index (χ4v) is 3.04. The van der Waals surface area contributed by atoms with Crippen molar-refractivity contribution in [2.45, 2.75) is 6.92 Å². The van der Waals surface area contributed by atoms with Crippen molar-refractivity contribution >= 4 is 29.4 Å². The van der Waals surface area contributed by atoms with E-state index in [1.54, 1.807) is 55.6 Å². The maximum Gasteiger partial charge on any atom is 0.229 e. The molecule has 3 aromatic rings. The third-order valence-electron chi connectivity index (χ3n) is 5.12. The van der Waals surface area contributed by atoms with Crippen LogP contribution in [-0.2, 0) is 0 Å². The fourth-order valence-electron chi connectivity index (χ4n) is 3.04. The summed E-state index contributed by atoms with van der Waals surface area (Å²) in [4.78, 5) is 23.9. The van der Waals surface area contributed by atoms with Crippen molar-refractivity contribution in [2.75, 3.05) is 50.9 Å². The number of benzene rings is 2. The molecule has 0 unspecified atom stereocenters. The van der Waals surface area contributed by atoms with E-state index >= 15 is 0 Å². The first-order chi connectivity index (χ1) is 15.4. The van der Waals surface area contributed by atoms with Gasteiger partial charge in [-0.15, -0.1) is 0 Å². The number of likely N-dealkylation sites (N-methyl/N-ethyl adjacent to an activating group) is 2. The third-order valence-corrected chi connectivity index (χ3v) is 5.12. The standard InChI is InChI=1S/C18H15FN4O.C6H14N2/c1-12-10-15(6-7-16(12)19)21-17-8-9-20-18(23-17)22-14-4-2-13(11-24)3-5-14;1-7-3-5-8(2)6-4-7/h2-11H,1H3,(H2,20,21,22,23);3-6H2,1-2H3. The van der Waals surface area contributed by atoms with E-state index in [2.05, 4.69) is 44.5 Å². The summed E-state index contributed by atoms with van der Waals surface area (Å²) in [5, 5.41) is 6.18. The lowest BCUT2D eigenvalue weighted by atomic mass is 10.2. The second kappa shape index (κ2) is 11.3. The molecule has 1 fully saturated rings. The number of halogens is 1. The SMILES string of the molecule is CN1CCN(C)CC1.Cc1cc(Nc2ccnc(Nc3ccc(C=O)cc3)n2)ccc1F. The van der Waals surface area contributed by atoms with Crippen molar-refractivity contribution in [3.05, 3.63) is 71.7 Å². The molecule has 2 heterocycles. The Balaban J connectivity index is 0.000000305. The third kappa shape index (κ3) is 7.11. The van der Waals surface area contributed by atoms with Gasteiger partial charge in [0.2, 0.25) is 5.95 Å². The van der Waals surface area contributed by atoms with Crippen LogP contribution < -0.4 is 10.6 Å². The number of hydrogen-bond donors (Lipinski definition) is 2. The molecule has 7 nitrogen and oxygen atoms in total. The number of carbonyl (C=O) groups is 1. The van der Waals surface area contributed by atoms with Gasteiger partial charge in [0.1, 0.15) is 17.9 Å². The summed E-state index contributed by atoms with van der Waals surface area (Å²) >= 11 is 0. The molecular weight excluding hydrogens is 407 g/mol. The highest BCUT2D eigenvalue weighted by atomic mass is 19.1. The topological polar surface area (TPSA) is 73.4 Å². The van der Waals surface area contributed by atoms with Gasteiger partial charge in [-0.05, 0) is 75.1 Å². The van der Waals surface area contributed by atoms with E-state index < -0.39 is 0 Å². The molecule has 0 atom stereocenters. The molecule has 0 radical (unpaired) electrons. The quantitative estimate of drug-likeness (QED) is 0.584. The van der Waals surface area contributed by atoms with Gasteiger partial charge in [-0.3, -0.25) is 4.79 Å². The number of carbonyl (C=O) groups excluding carboxylic acids is 1. The molecule has 2 aromatic carbocycles. The smallest absolute Gasteiger partial charge is 0.229 e. The highest BCUT2D eigenvalue weighted by Gasteiger charge is 2.08. The van der Waals surface area contributed by atoms with Crippen molar-refractivity contribution in [3.8, 4) is 0 Å². The zero-order chi connectivity index (χ0) is 22.9. The summed E-state index contributed by atoms with van der Waals surface area (Å²) in [6, 6.07) is 13.5. The summed E-state index contributed by atoms with van der Waals surface area (Å²) in [5.41, 5.74) is 2.68. The van der Waals surface area contributed by atoms with Crippen LogP contribution in [0.25, 0.3) is 0 Å². The Labute approximate surface area is 188 Å². The molecular formula is C24H29FN6O. The minimum Gasteiger partial charge on any atom is -0.340 e. The number of aromatic nitrogens is 2. The Morgan fingerprint density at radius 1 is 0.906 bits per heavy atom. The molecule has 1 aliphatic heterocycles. The van der Waals surface area contributed by atoms with Gasteiger partial charge in [-0.1, -0.05) is 0 Å². The van der Waals surface area contributed by atoms with E-state index in [4.69, 9.17) is 0 Å². The van der Waals surface area contributed by atoms with Crippen LogP contribution in [-0.4, -0.2) is 66.3 Å². The summed E-state index contributed by atoms with van der Waals surface area (Å²) in [5.74, 6) is 0.755. The van der Waals surface area contributed by atoms with E-state index in [0.717, 1.165) is 17.7 Å². The maximum absolute atomic E-state index is 13.3. The number of aryl methyl sites for hydroxylation is 1. The Hall–Kier alpha value is -3.36. The van der Waals surface area contributed by atoms with Crippen molar-refractivity contribution in [2.24, 2.45) is 0 Å². The minimum atomic E-state index is -0.246. The van der Waals surface area contributed by atoms with Gasteiger partial charge in [0.15, 0.2) is 0 Å². The molecule has 1 aliphatic rings. The Morgan fingerprint density at radius 2 is 1.53 bits per heavy atom. The molecule has 8 heteroatoms. The summed E-state index contributed by atoms with van der Waals surface area (Å²) in [6.07, 6.45) is 2.41. The van der Waals surface area contributed by atoms with Gasteiger partial charge in [-0.25, -0.2) is 9.37 Å². The highest BCUT2D eigenvalue weighted by Crippen LogP contribution is 2.19. The number of rotatable bonds is 5. The molecule has 2 N–H and O–H groups in total. The second-order valence-corrected chi connectivity index (χ2v) is 7.83. The lowest BCUT2D eigenvalue weighted by Gasteiger charge is -2.28. The van der Waals surface area contributed by atoms with Gasteiger partial charge >= 0.3 is 0 Å². The molecule has 1 aromatic heterocycles. The summed E-state index contributed by atoms with van der Waals surface area (Å²) in [7, 11) is 4.35. The fraction of sp³-hybridized carbons (Fsp3) is 0.292. The van der Waals surface area contributed by atoms with Crippen LogP contribution in [0.4, 0.5) is 27.5 Å². The molecule has 32 heavy (non-hydrogen) atoms. The first-order valence-corrected chi connectivity index (χ1v) is 10.5. The number of piperazine rings is 1. The molecule has 0 spiro atoms. The van der Waals surface area contributed by atoms with E-state index in [1.807, 2.05) is 0 Å². The average Bonchev–Trinajstić information content (AvgIpc) is 2.80. The lowest BCUT2D eigenvalue weighted by molar-refractivity contribution is 0.112. The van der Waals surface area contributed by atoms with Crippen LogP contribution in [0.1, 0.15) is 15.9 Å². The number of anilines is 4. The van der Waals surface area contributed by atoms with E-state index in [1.165, 1.54) is 32.2 Å². The van der Waals surface area contributed by atoms with Crippen LogP contribution in [0.5, 0.6) is 0 Å². The van der Waals surface area contributed by atoms with Crippen LogP contribution in [0, 0.1) is 12.7 Å². The first kappa shape index (κ1) is 23.3. The zero-order valence-electron chi connectivity index (χ0n) is 18.7. The second-order valence-electron chi connectivity index (χ2n) is 7.83. The van der Waals surface area contributed by atoms with Crippen molar-refractivity contribution in [1.29, 1.82) is 0 Å². The van der Waals surface area contributed by atoms with E-state index in [0.29, 0.717) is 22.9 Å². The Kier molecular flexibility index (Phi) is 8.24. The van der Waals surface area contributed by atoms with Crippen molar-refractivity contribution < 1.29 is 9.18 Å². The van der Waals surface area contributed by atoms with Gasteiger partial charge < -0.3 is 20.4 Å². The van der Waals surface area contributed by atoms with E-state index in [-0.39, 0.29) is 5.82 Å². The van der Waals surface area contributed by atoms with Crippen LogP contribution in [0.2, 0.25) is 0 Å². The summed E-state index contributed by atoms with van der Waals surface area (Å²) in [6.45, 7) is 6.64. The largest absolute Gasteiger partial charge is 0.340 e. The predicted octanol–water partition coefficient (Wildman–Crippen LogP) is 4.09. The number of aldehydes is 1. The van der Waals surface area contributed by atoms with Crippen LogP contribution in [0.15, 0.2) is 54.7 Å². The molecule has 4 rings (SSSR count). The minimum absolute atomic E-state index is 0.246. The van der Waals surface area contributed by atoms with Crippen molar-refractivity contribution in [1.82, 2.24) is 19.8 Å². The normalized spacial score (nSPS) is 14.2. The van der Waals surface area contributed by atoms with Gasteiger partial charge in [0, 0.05) is 49.3 Å². The number of nitrogens with zero attached hydrogens (tertiary/aromatic N) is 4. The van der Waals surface area contributed by atoms with Crippen LogP contribution >= 0.6 is 0 Å². The maximum atomic E-state index is 13.3. The first-order valence-electron chi connectivity index (χ1n) is 10.5. The molecule has 0 amide bonds. The Bertz CT molecular complexity index is 1010. The predicted molar refractivity (Wildman–Crippen MR) is 127 cm³/mol. The van der Waals surface area contributed by atoms with E-state index in [9.17, 15) is 9.18 Å². The molecule has 168 valence electrons. The van der Waals surface area contributed by atoms with Crippen LogP contribution in [0.3, 0.4) is 0 Å². The lowest BCUT2D eigenvalue weighted by Crippen LogP contribution is -2.42. The monoisotopic (exact) mass is 436 g/mol. The number of nitrogens with one attached hydrogen (secondary N) is 2. The molecule has 0 bridgehead atoms.